The van der Waals surface area contributed by atoms with Crippen LogP contribution in [0.15, 0.2) is 42.1 Å². The second-order valence-corrected chi connectivity index (χ2v) is 7.20. The Balaban J connectivity index is 2.07. The van der Waals surface area contributed by atoms with E-state index in [4.69, 9.17) is 21.1 Å². The van der Waals surface area contributed by atoms with Crippen LogP contribution >= 0.6 is 11.6 Å². The Morgan fingerprint density at radius 1 is 1.03 bits per heavy atom. The number of ether oxygens (including phenoxy) is 2. The number of nitrogens with one attached hydrogen (secondary N) is 1. The van der Waals surface area contributed by atoms with Crippen LogP contribution in [0.3, 0.4) is 0 Å². The van der Waals surface area contributed by atoms with E-state index >= 15 is 0 Å². The Hall–Kier alpha value is -2.83. The largest absolute Gasteiger partial charge is 0.495 e. The molecule has 1 aliphatic rings. The number of aryl methyl sites for hydroxylation is 2. The zero-order valence-corrected chi connectivity index (χ0v) is 17.6. The molecule has 2 aromatic carbocycles. The van der Waals surface area contributed by atoms with Crippen molar-refractivity contribution in [1.82, 2.24) is 4.90 Å². The molecule has 0 radical (unpaired) electrons. The average Bonchev–Trinajstić information content (AvgIpc) is 2.90. The van der Waals surface area contributed by atoms with Crippen LogP contribution in [0.5, 0.6) is 5.75 Å². The maximum absolute atomic E-state index is 13.1. The Bertz CT molecular complexity index is 1000. The lowest BCUT2D eigenvalue weighted by molar-refractivity contribution is -0.137. The SMILES string of the molecule is COCCN1C(=O)C(Nc2ccc(OC)c(Cl)c2)=C(c2ccc(C)cc2C)C1=O. The monoisotopic (exact) mass is 414 g/mol. The number of imide groups is 1. The lowest BCUT2D eigenvalue weighted by atomic mass is 9.97. The smallest absolute Gasteiger partial charge is 0.278 e. The predicted molar refractivity (Wildman–Crippen MR) is 113 cm³/mol. The van der Waals surface area contributed by atoms with Gasteiger partial charge >= 0.3 is 0 Å². The zero-order valence-electron chi connectivity index (χ0n) is 16.8. The van der Waals surface area contributed by atoms with Crippen molar-refractivity contribution in [2.75, 3.05) is 32.7 Å². The van der Waals surface area contributed by atoms with Gasteiger partial charge < -0.3 is 14.8 Å². The normalized spacial score (nSPS) is 14.0. The minimum absolute atomic E-state index is 0.178. The van der Waals surface area contributed by atoms with E-state index in [0.29, 0.717) is 22.0 Å². The van der Waals surface area contributed by atoms with Crippen LogP contribution in [0.2, 0.25) is 5.02 Å². The van der Waals surface area contributed by atoms with Gasteiger partial charge in [0.1, 0.15) is 11.4 Å². The van der Waals surface area contributed by atoms with E-state index in [1.165, 1.54) is 19.1 Å². The van der Waals surface area contributed by atoms with Gasteiger partial charge in [0.05, 0.1) is 30.9 Å². The molecule has 2 aromatic rings. The van der Waals surface area contributed by atoms with Gasteiger partial charge in [0.25, 0.3) is 11.8 Å². The van der Waals surface area contributed by atoms with Gasteiger partial charge in [0.2, 0.25) is 0 Å². The maximum atomic E-state index is 13.1. The quantitative estimate of drug-likeness (QED) is 0.698. The molecule has 0 aliphatic carbocycles. The van der Waals surface area contributed by atoms with E-state index in [-0.39, 0.29) is 24.8 Å². The van der Waals surface area contributed by atoms with Gasteiger partial charge in [-0.25, -0.2) is 0 Å². The van der Waals surface area contributed by atoms with Crippen molar-refractivity contribution >= 4 is 34.7 Å². The third kappa shape index (κ3) is 4.13. The molecule has 0 atom stereocenters. The van der Waals surface area contributed by atoms with E-state index in [2.05, 4.69) is 5.32 Å². The van der Waals surface area contributed by atoms with Crippen molar-refractivity contribution in [3.8, 4) is 5.75 Å². The number of anilines is 1. The number of amides is 2. The first-order valence-electron chi connectivity index (χ1n) is 9.15. The van der Waals surface area contributed by atoms with Crippen LogP contribution in [-0.2, 0) is 14.3 Å². The first-order valence-corrected chi connectivity index (χ1v) is 9.52. The Morgan fingerprint density at radius 2 is 1.79 bits per heavy atom. The van der Waals surface area contributed by atoms with E-state index < -0.39 is 5.91 Å². The summed E-state index contributed by atoms with van der Waals surface area (Å²) in [5.74, 6) is -0.216. The molecule has 0 unspecified atom stereocenters. The van der Waals surface area contributed by atoms with Gasteiger partial charge in [0.15, 0.2) is 0 Å². The van der Waals surface area contributed by atoms with Gasteiger partial charge in [0, 0.05) is 12.8 Å². The van der Waals surface area contributed by atoms with Crippen LogP contribution in [0.25, 0.3) is 5.57 Å². The lowest BCUT2D eigenvalue weighted by Gasteiger charge is -2.14. The molecule has 1 aliphatic heterocycles. The highest BCUT2D eigenvalue weighted by Crippen LogP contribution is 2.34. The molecule has 152 valence electrons. The summed E-state index contributed by atoms with van der Waals surface area (Å²) in [6.45, 7) is 4.35. The highest BCUT2D eigenvalue weighted by molar-refractivity contribution is 6.37. The average molecular weight is 415 g/mol. The second kappa shape index (κ2) is 8.68. The highest BCUT2D eigenvalue weighted by Gasteiger charge is 2.39. The van der Waals surface area contributed by atoms with Crippen molar-refractivity contribution in [3.05, 3.63) is 63.8 Å². The van der Waals surface area contributed by atoms with Crippen molar-refractivity contribution in [3.63, 3.8) is 0 Å². The number of carbonyl (C=O) groups excluding carboxylic acids is 2. The number of hydrogen-bond donors (Lipinski definition) is 1. The van der Waals surface area contributed by atoms with Crippen molar-refractivity contribution < 1.29 is 19.1 Å². The van der Waals surface area contributed by atoms with E-state index in [0.717, 1.165) is 16.7 Å². The first kappa shape index (κ1) is 20.9. The van der Waals surface area contributed by atoms with Crippen molar-refractivity contribution in [1.29, 1.82) is 0 Å². The Labute approximate surface area is 175 Å². The van der Waals surface area contributed by atoms with Crippen LogP contribution < -0.4 is 10.1 Å². The third-order valence-electron chi connectivity index (χ3n) is 4.76. The molecule has 0 fully saturated rings. The number of carbonyl (C=O) groups is 2. The van der Waals surface area contributed by atoms with Gasteiger partial charge in [-0.1, -0.05) is 35.4 Å². The molecule has 0 saturated heterocycles. The van der Waals surface area contributed by atoms with Gasteiger partial charge in [-0.3, -0.25) is 14.5 Å². The molecule has 7 heteroatoms. The van der Waals surface area contributed by atoms with Gasteiger partial charge in [-0.15, -0.1) is 0 Å². The maximum Gasteiger partial charge on any atom is 0.278 e. The molecule has 3 rings (SSSR count). The van der Waals surface area contributed by atoms with Crippen molar-refractivity contribution in [2.24, 2.45) is 0 Å². The van der Waals surface area contributed by atoms with Gasteiger partial charge in [-0.2, -0.15) is 0 Å². The second-order valence-electron chi connectivity index (χ2n) is 6.80. The fourth-order valence-electron chi connectivity index (χ4n) is 3.31. The molecule has 2 amide bonds. The molecule has 0 saturated carbocycles. The first-order chi connectivity index (χ1) is 13.9. The van der Waals surface area contributed by atoms with Crippen LogP contribution in [0, 0.1) is 13.8 Å². The fraction of sp³-hybridized carbons (Fsp3) is 0.273. The number of halogens is 1. The summed E-state index contributed by atoms with van der Waals surface area (Å²) >= 11 is 6.21. The molecule has 1 heterocycles. The molecule has 0 spiro atoms. The summed E-state index contributed by atoms with van der Waals surface area (Å²) in [5.41, 5.74) is 3.87. The summed E-state index contributed by atoms with van der Waals surface area (Å²) in [6.07, 6.45) is 0. The minimum Gasteiger partial charge on any atom is -0.495 e. The third-order valence-corrected chi connectivity index (χ3v) is 5.05. The number of rotatable bonds is 7. The number of hydrogen-bond acceptors (Lipinski definition) is 5. The lowest BCUT2D eigenvalue weighted by Crippen LogP contribution is -2.35. The molecular formula is C22H23ClN2O4. The summed E-state index contributed by atoms with van der Waals surface area (Å²) in [7, 11) is 3.06. The van der Waals surface area contributed by atoms with Crippen molar-refractivity contribution in [2.45, 2.75) is 13.8 Å². The Morgan fingerprint density at radius 3 is 2.41 bits per heavy atom. The Kier molecular flexibility index (Phi) is 6.25. The molecule has 1 N–H and O–H groups in total. The molecule has 0 bridgehead atoms. The minimum atomic E-state index is -0.394. The fourth-order valence-corrected chi connectivity index (χ4v) is 3.57. The molecule has 29 heavy (non-hydrogen) atoms. The summed E-state index contributed by atoms with van der Waals surface area (Å²) in [6, 6.07) is 10.9. The van der Waals surface area contributed by atoms with E-state index in [1.54, 1.807) is 18.2 Å². The summed E-state index contributed by atoms with van der Waals surface area (Å²) < 4.78 is 10.2. The predicted octanol–water partition coefficient (Wildman–Crippen LogP) is 3.80. The standard InChI is InChI=1S/C22H23ClN2O4/c1-13-5-7-16(14(2)11-13)19-20(22(27)25(21(19)26)9-10-28-3)24-15-6-8-18(29-4)17(23)12-15/h5-8,11-12,24H,9-10H2,1-4H3. The molecular weight excluding hydrogens is 392 g/mol. The van der Waals surface area contributed by atoms with Gasteiger partial charge in [-0.05, 0) is 43.2 Å². The van der Waals surface area contributed by atoms with E-state index in [1.807, 2.05) is 32.0 Å². The van der Waals surface area contributed by atoms with E-state index in [9.17, 15) is 9.59 Å². The number of methoxy groups -OCH3 is 2. The number of benzene rings is 2. The zero-order chi connectivity index (χ0) is 21.1. The molecule has 0 aromatic heterocycles. The summed E-state index contributed by atoms with van der Waals surface area (Å²) in [4.78, 5) is 27.4. The number of nitrogens with zero attached hydrogens (tertiary/aromatic N) is 1. The highest BCUT2D eigenvalue weighted by atomic mass is 35.5. The summed E-state index contributed by atoms with van der Waals surface area (Å²) in [5, 5.41) is 3.50. The molecule has 6 nitrogen and oxygen atoms in total. The van der Waals surface area contributed by atoms with Crippen LogP contribution in [0.1, 0.15) is 16.7 Å². The topological polar surface area (TPSA) is 67.9 Å². The van der Waals surface area contributed by atoms with Crippen LogP contribution in [0.4, 0.5) is 5.69 Å². The van der Waals surface area contributed by atoms with Crippen LogP contribution in [-0.4, -0.2) is 44.1 Å².